The van der Waals surface area contributed by atoms with Crippen LogP contribution in [0.3, 0.4) is 0 Å². The van der Waals surface area contributed by atoms with Crippen molar-refractivity contribution in [1.82, 2.24) is 0 Å². The van der Waals surface area contributed by atoms with Gasteiger partial charge in [0, 0.05) is 11.3 Å². The van der Waals surface area contributed by atoms with E-state index in [0.29, 0.717) is 6.42 Å². The Bertz CT molecular complexity index is 418. The first kappa shape index (κ1) is 16.8. The van der Waals surface area contributed by atoms with Crippen LogP contribution < -0.4 is 5.73 Å². The largest absolute Gasteiger partial charge is 0.416 e. The molecule has 0 heterocycles. The van der Waals surface area contributed by atoms with E-state index < -0.39 is 17.8 Å². The molecule has 1 atom stereocenters. The molecule has 0 aliphatic heterocycles. The van der Waals surface area contributed by atoms with E-state index in [4.69, 9.17) is 5.73 Å². The van der Waals surface area contributed by atoms with Gasteiger partial charge < -0.3 is 10.8 Å². The van der Waals surface area contributed by atoms with Crippen molar-refractivity contribution in [3.8, 4) is 0 Å². The summed E-state index contributed by atoms with van der Waals surface area (Å²) in [5.41, 5.74) is 5.27. The zero-order chi connectivity index (χ0) is 15.2. The van der Waals surface area contributed by atoms with Gasteiger partial charge in [-0.05, 0) is 24.6 Å². The predicted molar refractivity (Wildman–Crippen MR) is 74.2 cm³/mol. The highest BCUT2D eigenvalue weighted by molar-refractivity contribution is 5.50. The Morgan fingerprint density at radius 1 is 1.15 bits per heavy atom. The Hall–Kier alpha value is -1.23. The Morgan fingerprint density at radius 3 is 2.40 bits per heavy atom. The van der Waals surface area contributed by atoms with Gasteiger partial charge in [-0.25, -0.2) is 0 Å². The molecule has 0 spiro atoms. The van der Waals surface area contributed by atoms with E-state index in [1.807, 2.05) is 0 Å². The van der Waals surface area contributed by atoms with Gasteiger partial charge in [0.25, 0.3) is 0 Å². The average molecular weight is 289 g/mol. The number of rotatable bonds is 7. The summed E-state index contributed by atoms with van der Waals surface area (Å²) in [6.45, 7) is 2.11. The number of aliphatic hydroxyl groups excluding tert-OH is 1. The molecule has 3 N–H and O–H groups in total. The highest BCUT2D eigenvalue weighted by Crippen LogP contribution is 2.34. The number of nitrogen functional groups attached to an aromatic ring is 1. The quantitative estimate of drug-likeness (QED) is 0.565. The predicted octanol–water partition coefficient (Wildman–Crippen LogP) is 4.68. The number of unbranched alkanes of at least 4 members (excludes halogenated alkanes) is 4. The molecule has 0 bridgehead atoms. The van der Waals surface area contributed by atoms with Gasteiger partial charge in [0.05, 0.1) is 11.7 Å². The van der Waals surface area contributed by atoms with Gasteiger partial charge in [-0.3, -0.25) is 0 Å². The molecule has 0 saturated carbocycles. The van der Waals surface area contributed by atoms with Gasteiger partial charge >= 0.3 is 6.18 Å². The number of benzene rings is 1. The molecule has 0 aliphatic carbocycles. The first-order valence-corrected chi connectivity index (χ1v) is 7.01. The van der Waals surface area contributed by atoms with E-state index >= 15 is 0 Å². The number of aliphatic hydroxyl groups is 1. The summed E-state index contributed by atoms with van der Waals surface area (Å²) in [5.74, 6) is 0. The number of alkyl halides is 3. The fourth-order valence-electron chi connectivity index (χ4n) is 2.14. The fraction of sp³-hybridized carbons (Fsp3) is 0.600. The van der Waals surface area contributed by atoms with Crippen LogP contribution in [-0.4, -0.2) is 5.11 Å². The summed E-state index contributed by atoms with van der Waals surface area (Å²) in [7, 11) is 0. The molecule has 0 fully saturated rings. The second kappa shape index (κ2) is 7.53. The van der Waals surface area contributed by atoms with E-state index in [1.54, 1.807) is 0 Å². The van der Waals surface area contributed by atoms with E-state index in [2.05, 4.69) is 6.92 Å². The zero-order valence-corrected chi connectivity index (χ0v) is 11.7. The van der Waals surface area contributed by atoms with Crippen LogP contribution in [0.2, 0.25) is 0 Å². The van der Waals surface area contributed by atoms with Crippen LogP contribution in [0.4, 0.5) is 18.9 Å². The van der Waals surface area contributed by atoms with Crippen molar-refractivity contribution < 1.29 is 18.3 Å². The summed E-state index contributed by atoms with van der Waals surface area (Å²) in [4.78, 5) is 0. The van der Waals surface area contributed by atoms with Crippen molar-refractivity contribution in [3.05, 3.63) is 29.3 Å². The Labute approximate surface area is 117 Å². The minimum Gasteiger partial charge on any atom is -0.398 e. The molecule has 2 nitrogen and oxygen atoms in total. The molecular weight excluding hydrogens is 267 g/mol. The van der Waals surface area contributed by atoms with Gasteiger partial charge in [0.2, 0.25) is 0 Å². The topological polar surface area (TPSA) is 46.2 Å². The van der Waals surface area contributed by atoms with Crippen LogP contribution in [-0.2, 0) is 6.18 Å². The molecule has 0 amide bonds. The Kier molecular flexibility index (Phi) is 6.33. The minimum atomic E-state index is -4.41. The number of hydrogen-bond acceptors (Lipinski definition) is 2. The van der Waals surface area contributed by atoms with E-state index in [-0.39, 0.29) is 11.3 Å². The lowest BCUT2D eigenvalue weighted by atomic mass is 9.98. The molecule has 0 radical (unpaired) electrons. The van der Waals surface area contributed by atoms with Crippen LogP contribution in [0.1, 0.15) is 62.7 Å². The molecular formula is C15H22F3NO. The van der Waals surface area contributed by atoms with E-state index in [0.717, 1.165) is 44.2 Å². The number of nitrogens with two attached hydrogens (primary N) is 1. The molecule has 0 aliphatic rings. The molecule has 20 heavy (non-hydrogen) atoms. The van der Waals surface area contributed by atoms with Gasteiger partial charge in [-0.2, -0.15) is 13.2 Å². The van der Waals surface area contributed by atoms with Gasteiger partial charge in [-0.1, -0.05) is 39.0 Å². The van der Waals surface area contributed by atoms with Crippen LogP contribution in [0.5, 0.6) is 0 Å². The van der Waals surface area contributed by atoms with Crippen molar-refractivity contribution in [1.29, 1.82) is 0 Å². The summed E-state index contributed by atoms with van der Waals surface area (Å²) in [5, 5.41) is 10.0. The van der Waals surface area contributed by atoms with Crippen LogP contribution in [0, 0.1) is 0 Å². The lowest BCUT2D eigenvalue weighted by molar-refractivity contribution is -0.137. The van der Waals surface area contributed by atoms with Gasteiger partial charge in [0.1, 0.15) is 0 Å². The first-order chi connectivity index (χ1) is 9.36. The summed E-state index contributed by atoms with van der Waals surface area (Å²) in [6, 6.07) is 3.09. The molecule has 1 aromatic rings. The smallest absolute Gasteiger partial charge is 0.398 e. The van der Waals surface area contributed by atoms with E-state index in [9.17, 15) is 18.3 Å². The highest BCUT2D eigenvalue weighted by atomic mass is 19.4. The second-order valence-corrected chi connectivity index (χ2v) is 5.06. The normalized spacial score (nSPS) is 13.4. The van der Waals surface area contributed by atoms with E-state index in [1.165, 1.54) is 6.07 Å². The highest BCUT2D eigenvalue weighted by Gasteiger charge is 2.31. The van der Waals surface area contributed by atoms with Crippen LogP contribution in [0.25, 0.3) is 0 Å². The van der Waals surface area contributed by atoms with Gasteiger partial charge in [0.15, 0.2) is 0 Å². The lowest BCUT2D eigenvalue weighted by Gasteiger charge is -2.16. The van der Waals surface area contributed by atoms with Crippen molar-refractivity contribution in [2.45, 2.75) is 57.7 Å². The molecule has 0 saturated heterocycles. The third-order valence-corrected chi connectivity index (χ3v) is 3.35. The number of hydrogen-bond donors (Lipinski definition) is 2. The summed E-state index contributed by atoms with van der Waals surface area (Å²) < 4.78 is 37.9. The minimum absolute atomic E-state index is 0.176. The monoisotopic (exact) mass is 289 g/mol. The van der Waals surface area contributed by atoms with Crippen molar-refractivity contribution >= 4 is 5.69 Å². The fourth-order valence-corrected chi connectivity index (χ4v) is 2.14. The molecule has 5 heteroatoms. The Morgan fingerprint density at radius 2 is 1.80 bits per heavy atom. The summed E-state index contributed by atoms with van der Waals surface area (Å²) >= 11 is 0. The van der Waals surface area contributed by atoms with Gasteiger partial charge in [-0.15, -0.1) is 0 Å². The van der Waals surface area contributed by atoms with Crippen LogP contribution >= 0.6 is 0 Å². The molecule has 1 aromatic carbocycles. The molecule has 114 valence electrons. The SMILES string of the molecule is CCCCCCCC(O)c1cc(C(F)(F)F)ccc1N. The Balaban J connectivity index is 2.65. The standard InChI is InChI=1S/C15H22F3NO/c1-2-3-4-5-6-7-14(20)12-10-11(15(16,17)18)8-9-13(12)19/h8-10,14,20H,2-7,19H2,1H3. The second-order valence-electron chi connectivity index (χ2n) is 5.06. The zero-order valence-electron chi connectivity index (χ0n) is 11.7. The van der Waals surface area contributed by atoms with Crippen molar-refractivity contribution in [2.24, 2.45) is 0 Å². The lowest BCUT2D eigenvalue weighted by Crippen LogP contribution is -2.09. The van der Waals surface area contributed by atoms with Crippen molar-refractivity contribution in [2.75, 3.05) is 5.73 Å². The number of halogens is 3. The first-order valence-electron chi connectivity index (χ1n) is 7.01. The summed E-state index contributed by atoms with van der Waals surface area (Å²) in [6.07, 6.45) is 0.213. The molecule has 1 unspecified atom stereocenters. The maximum atomic E-state index is 12.6. The van der Waals surface area contributed by atoms with Crippen molar-refractivity contribution in [3.63, 3.8) is 0 Å². The molecule has 0 aromatic heterocycles. The third kappa shape index (κ3) is 5.04. The third-order valence-electron chi connectivity index (χ3n) is 3.35. The molecule has 1 rings (SSSR count). The number of anilines is 1. The maximum absolute atomic E-state index is 12.6. The average Bonchev–Trinajstić information content (AvgIpc) is 2.37. The maximum Gasteiger partial charge on any atom is 0.416 e. The van der Waals surface area contributed by atoms with Crippen LogP contribution in [0.15, 0.2) is 18.2 Å².